The van der Waals surface area contributed by atoms with E-state index in [0.717, 1.165) is 11.1 Å². The van der Waals surface area contributed by atoms with Crippen molar-refractivity contribution in [1.29, 1.82) is 0 Å². The molecule has 1 atom stereocenters. The van der Waals surface area contributed by atoms with Crippen LogP contribution >= 0.6 is 0 Å². The number of methoxy groups -OCH3 is 2. The van der Waals surface area contributed by atoms with Gasteiger partial charge in [-0.15, -0.1) is 0 Å². The van der Waals surface area contributed by atoms with Gasteiger partial charge in [0.05, 0.1) is 14.2 Å². The van der Waals surface area contributed by atoms with Gasteiger partial charge < -0.3 is 19.6 Å². The summed E-state index contributed by atoms with van der Waals surface area (Å²) in [6.07, 6.45) is 2.88. The first-order valence-corrected chi connectivity index (χ1v) is 5.29. The van der Waals surface area contributed by atoms with Crippen molar-refractivity contribution in [3.8, 4) is 11.5 Å². The normalized spacial score (nSPS) is 12.2. The molecule has 0 radical (unpaired) electrons. The van der Waals surface area contributed by atoms with E-state index in [1.165, 1.54) is 0 Å². The highest BCUT2D eigenvalue weighted by atomic mass is 16.5. The highest BCUT2D eigenvalue weighted by molar-refractivity contribution is 5.45. The lowest BCUT2D eigenvalue weighted by molar-refractivity contribution is 0.219. The van der Waals surface area contributed by atoms with Crippen LogP contribution in [0.5, 0.6) is 11.5 Å². The van der Waals surface area contributed by atoms with E-state index in [-0.39, 0.29) is 0 Å². The minimum Gasteiger partial charge on any atom is -0.493 e. The summed E-state index contributed by atoms with van der Waals surface area (Å²) in [6.45, 7) is 0. The van der Waals surface area contributed by atoms with Gasteiger partial charge in [-0.2, -0.15) is 0 Å². The Bertz CT molecular complexity index is 479. The fraction of sp³-hybridized carbons (Fsp3) is 0.231. The Balaban J connectivity index is 2.33. The summed E-state index contributed by atoms with van der Waals surface area (Å²) in [6, 6.07) is 7.21. The Morgan fingerprint density at radius 3 is 2.41 bits per heavy atom. The zero-order chi connectivity index (χ0) is 12.3. The third-order valence-electron chi connectivity index (χ3n) is 2.66. The van der Waals surface area contributed by atoms with E-state index in [4.69, 9.17) is 9.47 Å². The molecule has 0 aliphatic rings. The summed E-state index contributed by atoms with van der Waals surface area (Å²) in [7, 11) is 3.16. The number of ether oxygens (including phenoxy) is 2. The van der Waals surface area contributed by atoms with Crippen molar-refractivity contribution in [1.82, 2.24) is 4.98 Å². The minimum absolute atomic E-state index is 0.611. The van der Waals surface area contributed by atoms with Crippen LogP contribution in [0, 0.1) is 0 Å². The van der Waals surface area contributed by atoms with Gasteiger partial charge in [-0.25, -0.2) is 0 Å². The number of nitrogens with one attached hydrogen (secondary N) is 1. The monoisotopic (exact) mass is 233 g/mol. The predicted molar refractivity (Wildman–Crippen MR) is 64.4 cm³/mol. The number of aromatic nitrogens is 1. The van der Waals surface area contributed by atoms with Crippen molar-refractivity contribution in [3.63, 3.8) is 0 Å². The maximum absolute atomic E-state index is 10.1. The molecule has 0 amide bonds. The van der Waals surface area contributed by atoms with Gasteiger partial charge in [0.25, 0.3) is 0 Å². The van der Waals surface area contributed by atoms with Gasteiger partial charge in [0.1, 0.15) is 6.10 Å². The molecular weight excluding hydrogens is 218 g/mol. The van der Waals surface area contributed by atoms with Crippen molar-refractivity contribution < 1.29 is 14.6 Å². The molecule has 0 aliphatic heterocycles. The number of hydrogen-bond acceptors (Lipinski definition) is 3. The van der Waals surface area contributed by atoms with E-state index >= 15 is 0 Å². The zero-order valence-electron chi connectivity index (χ0n) is 9.81. The van der Waals surface area contributed by atoms with Gasteiger partial charge in [0.2, 0.25) is 0 Å². The topological polar surface area (TPSA) is 54.5 Å². The van der Waals surface area contributed by atoms with Crippen LogP contribution in [0.3, 0.4) is 0 Å². The first kappa shape index (κ1) is 11.5. The first-order valence-electron chi connectivity index (χ1n) is 5.29. The Morgan fingerprint density at radius 2 is 1.82 bits per heavy atom. The van der Waals surface area contributed by atoms with E-state index in [2.05, 4.69) is 4.98 Å². The van der Waals surface area contributed by atoms with E-state index in [9.17, 15) is 5.11 Å². The molecule has 2 aromatic rings. The summed E-state index contributed by atoms with van der Waals surface area (Å²) in [5.41, 5.74) is 1.58. The first-order chi connectivity index (χ1) is 8.26. The third-order valence-corrected chi connectivity index (χ3v) is 2.66. The molecule has 1 heterocycles. The molecule has 1 unspecified atom stereocenters. The van der Waals surface area contributed by atoms with Gasteiger partial charge >= 0.3 is 0 Å². The number of aromatic amines is 1. The molecular formula is C13H15NO3. The molecule has 1 aromatic heterocycles. The number of H-pyrrole nitrogens is 1. The molecule has 4 nitrogen and oxygen atoms in total. The molecule has 0 bridgehead atoms. The lowest BCUT2D eigenvalue weighted by atomic mass is 10.0. The van der Waals surface area contributed by atoms with Crippen molar-refractivity contribution in [3.05, 3.63) is 47.8 Å². The quantitative estimate of drug-likeness (QED) is 0.850. The van der Waals surface area contributed by atoms with E-state index in [1.54, 1.807) is 38.7 Å². The second-order valence-electron chi connectivity index (χ2n) is 3.66. The average Bonchev–Trinajstić information content (AvgIpc) is 2.90. The largest absolute Gasteiger partial charge is 0.493 e. The van der Waals surface area contributed by atoms with Gasteiger partial charge in [-0.1, -0.05) is 6.07 Å². The molecule has 4 heteroatoms. The second-order valence-corrected chi connectivity index (χ2v) is 3.66. The van der Waals surface area contributed by atoms with Crippen LogP contribution in [0.15, 0.2) is 36.7 Å². The molecule has 1 aromatic carbocycles. The smallest absolute Gasteiger partial charge is 0.161 e. The lowest BCUT2D eigenvalue weighted by Crippen LogP contribution is -1.99. The number of aliphatic hydroxyl groups excluding tert-OH is 1. The Kier molecular flexibility index (Phi) is 3.35. The van der Waals surface area contributed by atoms with Crippen molar-refractivity contribution in [2.45, 2.75) is 6.10 Å². The van der Waals surface area contributed by atoms with Gasteiger partial charge in [-0.3, -0.25) is 0 Å². The molecule has 0 saturated carbocycles. The molecule has 2 rings (SSSR count). The maximum atomic E-state index is 10.1. The number of benzene rings is 1. The standard InChI is InChI=1S/C13H15NO3/c1-16-11-4-3-9(7-12(11)17-2)13(15)10-5-6-14-8-10/h3-8,13-15H,1-2H3. The summed E-state index contributed by atoms with van der Waals surface area (Å²) < 4.78 is 10.3. The fourth-order valence-electron chi connectivity index (χ4n) is 1.72. The lowest BCUT2D eigenvalue weighted by Gasteiger charge is -2.13. The van der Waals surface area contributed by atoms with Crippen molar-refractivity contribution >= 4 is 0 Å². The Labute approximate surface area is 99.8 Å². The summed E-state index contributed by atoms with van der Waals surface area (Å²) in [5.74, 6) is 1.26. The van der Waals surface area contributed by atoms with Crippen molar-refractivity contribution in [2.24, 2.45) is 0 Å². The van der Waals surface area contributed by atoms with Crippen LogP contribution in [0.1, 0.15) is 17.2 Å². The highest BCUT2D eigenvalue weighted by Gasteiger charge is 2.13. The molecule has 17 heavy (non-hydrogen) atoms. The maximum Gasteiger partial charge on any atom is 0.161 e. The summed E-state index contributed by atoms with van der Waals surface area (Å²) in [5, 5.41) is 10.1. The number of rotatable bonds is 4. The average molecular weight is 233 g/mol. The van der Waals surface area contributed by atoms with Crippen LogP contribution in [0.2, 0.25) is 0 Å². The van der Waals surface area contributed by atoms with E-state index in [0.29, 0.717) is 11.5 Å². The summed E-state index contributed by atoms with van der Waals surface area (Å²) >= 11 is 0. The third kappa shape index (κ3) is 2.26. The minimum atomic E-state index is -0.666. The predicted octanol–water partition coefficient (Wildman–Crippen LogP) is 2.11. The van der Waals surface area contributed by atoms with E-state index in [1.807, 2.05) is 12.1 Å². The highest BCUT2D eigenvalue weighted by Crippen LogP contribution is 2.31. The molecule has 2 N–H and O–H groups in total. The molecule has 90 valence electrons. The molecule has 0 fully saturated rings. The molecule has 0 aliphatic carbocycles. The Morgan fingerprint density at radius 1 is 1.06 bits per heavy atom. The number of aliphatic hydroxyl groups is 1. The van der Waals surface area contributed by atoms with Crippen LogP contribution in [0.4, 0.5) is 0 Å². The van der Waals surface area contributed by atoms with Crippen LogP contribution in [0.25, 0.3) is 0 Å². The Hall–Kier alpha value is -1.94. The van der Waals surface area contributed by atoms with Crippen LogP contribution < -0.4 is 9.47 Å². The van der Waals surface area contributed by atoms with Gasteiger partial charge in [-0.05, 0) is 23.8 Å². The molecule has 0 saturated heterocycles. The molecule has 0 spiro atoms. The fourth-order valence-corrected chi connectivity index (χ4v) is 1.72. The SMILES string of the molecule is COc1ccc(C(O)c2cc[nH]c2)cc1OC. The van der Waals surface area contributed by atoms with Crippen LogP contribution in [-0.4, -0.2) is 24.3 Å². The zero-order valence-corrected chi connectivity index (χ0v) is 9.81. The van der Waals surface area contributed by atoms with E-state index < -0.39 is 6.10 Å². The van der Waals surface area contributed by atoms with Gasteiger partial charge in [0, 0.05) is 18.0 Å². The summed E-state index contributed by atoms with van der Waals surface area (Å²) in [4.78, 5) is 2.92. The number of hydrogen-bond donors (Lipinski definition) is 2. The van der Waals surface area contributed by atoms with Gasteiger partial charge in [0.15, 0.2) is 11.5 Å². The van der Waals surface area contributed by atoms with Crippen molar-refractivity contribution in [2.75, 3.05) is 14.2 Å². The second kappa shape index (κ2) is 4.93. The van der Waals surface area contributed by atoms with Crippen LogP contribution in [-0.2, 0) is 0 Å².